The van der Waals surface area contributed by atoms with E-state index in [9.17, 15) is 13.2 Å². The van der Waals surface area contributed by atoms with Crippen molar-refractivity contribution in [3.05, 3.63) is 70.3 Å². The van der Waals surface area contributed by atoms with Crippen molar-refractivity contribution in [1.29, 1.82) is 0 Å². The van der Waals surface area contributed by atoms with Crippen LogP contribution in [0.4, 0.5) is 11.5 Å². The molecule has 2 aromatic carbocycles. The Kier molecular flexibility index (Phi) is 5.84. The molecular formula is C21H20N6O5S. The van der Waals surface area contributed by atoms with Gasteiger partial charge in [0.05, 0.1) is 14.2 Å². The first-order valence-electron chi connectivity index (χ1n) is 9.65. The van der Waals surface area contributed by atoms with Gasteiger partial charge in [0.1, 0.15) is 17.3 Å². The van der Waals surface area contributed by atoms with E-state index in [-0.39, 0.29) is 23.1 Å². The van der Waals surface area contributed by atoms with Gasteiger partial charge in [-0.05, 0) is 61.0 Å². The number of aryl methyl sites for hydroxylation is 1. The van der Waals surface area contributed by atoms with Crippen molar-refractivity contribution in [3.63, 3.8) is 0 Å². The van der Waals surface area contributed by atoms with Crippen molar-refractivity contribution >= 4 is 33.5 Å². The fraction of sp³-hybridized carbons (Fsp3) is 0.143. The molecule has 11 nitrogen and oxygen atoms in total. The van der Waals surface area contributed by atoms with Gasteiger partial charge < -0.3 is 9.47 Å². The van der Waals surface area contributed by atoms with Gasteiger partial charge in [-0.1, -0.05) is 0 Å². The van der Waals surface area contributed by atoms with E-state index in [4.69, 9.17) is 9.47 Å². The topological polar surface area (TPSA) is 140 Å². The number of benzene rings is 2. The van der Waals surface area contributed by atoms with E-state index in [1.54, 1.807) is 50.4 Å². The Bertz CT molecular complexity index is 1490. The predicted molar refractivity (Wildman–Crippen MR) is 122 cm³/mol. The molecular weight excluding hydrogens is 448 g/mol. The number of ether oxygens (including phenoxy) is 2. The number of fused-ring (bicyclic) bond motifs is 1. The molecule has 0 radical (unpaired) electrons. The first-order valence-corrected chi connectivity index (χ1v) is 11.1. The highest BCUT2D eigenvalue weighted by atomic mass is 32.2. The molecule has 0 saturated carbocycles. The Morgan fingerprint density at radius 2 is 1.64 bits per heavy atom. The number of aromatic amines is 1. The number of nitrogens with zero attached hydrogens (tertiary/aromatic N) is 4. The summed E-state index contributed by atoms with van der Waals surface area (Å²) in [6, 6.07) is 13.1. The average molecular weight is 468 g/mol. The second-order valence-corrected chi connectivity index (χ2v) is 8.48. The Hall–Kier alpha value is -4.19. The molecule has 0 spiro atoms. The Labute approximate surface area is 188 Å². The van der Waals surface area contributed by atoms with Gasteiger partial charge in [0.25, 0.3) is 15.6 Å². The van der Waals surface area contributed by atoms with Gasteiger partial charge in [0.2, 0.25) is 5.78 Å². The summed E-state index contributed by atoms with van der Waals surface area (Å²) in [6.07, 6.45) is 1.41. The van der Waals surface area contributed by atoms with Crippen LogP contribution in [0.2, 0.25) is 0 Å². The first kappa shape index (κ1) is 22.0. The Morgan fingerprint density at radius 1 is 1.03 bits per heavy atom. The molecule has 2 heterocycles. The third kappa shape index (κ3) is 4.41. The quantitative estimate of drug-likeness (QED) is 0.397. The zero-order chi connectivity index (χ0) is 23.6. The normalized spacial score (nSPS) is 11.7. The molecule has 0 fully saturated rings. The van der Waals surface area contributed by atoms with Crippen LogP contribution in [-0.4, -0.2) is 48.4 Å². The number of H-pyrrole nitrogens is 1. The van der Waals surface area contributed by atoms with Gasteiger partial charge in [-0.3, -0.25) is 9.52 Å². The van der Waals surface area contributed by atoms with Crippen LogP contribution in [-0.2, 0) is 10.0 Å². The number of methoxy groups -OCH3 is 2. The summed E-state index contributed by atoms with van der Waals surface area (Å²) in [6.45, 7) is 1.56. The summed E-state index contributed by atoms with van der Waals surface area (Å²) in [5.41, 5.74) is 0.0773. The van der Waals surface area contributed by atoms with Gasteiger partial charge in [-0.25, -0.2) is 22.9 Å². The van der Waals surface area contributed by atoms with Crippen LogP contribution in [0.25, 0.3) is 5.78 Å². The third-order valence-electron chi connectivity index (χ3n) is 4.73. The molecule has 170 valence electrons. The SMILES string of the molecule is COc1ccc(/C=N/c2nc3[nH]nc(C)n3c(=O)c2S(=O)(=O)Nc2ccc(OC)cc2)cc1. The average Bonchev–Trinajstić information content (AvgIpc) is 3.19. The maximum Gasteiger partial charge on any atom is 0.283 e. The highest BCUT2D eigenvalue weighted by Gasteiger charge is 2.27. The van der Waals surface area contributed by atoms with E-state index in [0.29, 0.717) is 17.1 Å². The summed E-state index contributed by atoms with van der Waals surface area (Å²) in [5, 5.41) is 6.55. The van der Waals surface area contributed by atoms with Crippen LogP contribution in [0.1, 0.15) is 11.4 Å². The zero-order valence-electron chi connectivity index (χ0n) is 17.9. The van der Waals surface area contributed by atoms with Crippen LogP contribution in [0.5, 0.6) is 11.5 Å². The van der Waals surface area contributed by atoms with Crippen molar-refractivity contribution in [2.24, 2.45) is 4.99 Å². The maximum absolute atomic E-state index is 13.3. The smallest absolute Gasteiger partial charge is 0.283 e. The zero-order valence-corrected chi connectivity index (χ0v) is 18.8. The van der Waals surface area contributed by atoms with Crippen LogP contribution in [0.15, 0.2) is 63.2 Å². The molecule has 33 heavy (non-hydrogen) atoms. The molecule has 2 N–H and O–H groups in total. The highest BCUT2D eigenvalue weighted by molar-refractivity contribution is 7.92. The number of rotatable bonds is 7. The summed E-state index contributed by atoms with van der Waals surface area (Å²) in [4.78, 5) is 21.0. The number of sulfonamides is 1. The fourth-order valence-corrected chi connectivity index (χ4v) is 4.27. The van der Waals surface area contributed by atoms with Crippen molar-refractivity contribution < 1.29 is 17.9 Å². The van der Waals surface area contributed by atoms with Crippen molar-refractivity contribution in [1.82, 2.24) is 19.6 Å². The summed E-state index contributed by atoms with van der Waals surface area (Å²) in [5.74, 6) is 1.27. The molecule has 0 amide bonds. The fourth-order valence-electron chi connectivity index (χ4n) is 3.06. The lowest BCUT2D eigenvalue weighted by Gasteiger charge is -2.10. The number of nitrogens with one attached hydrogen (secondary N) is 2. The van der Waals surface area contributed by atoms with Crippen LogP contribution >= 0.6 is 0 Å². The van der Waals surface area contributed by atoms with Gasteiger partial charge in [0.15, 0.2) is 10.7 Å². The van der Waals surface area contributed by atoms with Crippen LogP contribution in [0.3, 0.4) is 0 Å². The lowest BCUT2D eigenvalue weighted by Crippen LogP contribution is -2.27. The molecule has 2 aromatic heterocycles. The standard InChI is InChI=1S/C21H20N6O5S/c1-13-24-25-21-23-19(22-12-14-4-8-16(31-2)9-5-14)18(20(28)27(13)21)33(29,30)26-15-6-10-17(32-3)11-7-15/h4-12,26H,1-3H3,(H,23,25)/b22-12+. The summed E-state index contributed by atoms with van der Waals surface area (Å²) in [7, 11) is -1.31. The van der Waals surface area contributed by atoms with Crippen LogP contribution < -0.4 is 19.8 Å². The number of aromatic nitrogens is 4. The molecule has 0 bridgehead atoms. The molecule has 12 heteroatoms. The number of hydrogen-bond acceptors (Lipinski definition) is 8. The van der Waals surface area contributed by atoms with Gasteiger partial charge >= 0.3 is 0 Å². The monoisotopic (exact) mass is 468 g/mol. The van der Waals surface area contributed by atoms with Crippen molar-refractivity contribution in [3.8, 4) is 11.5 Å². The highest BCUT2D eigenvalue weighted by Crippen LogP contribution is 2.23. The lowest BCUT2D eigenvalue weighted by molar-refractivity contribution is 0.414. The second-order valence-electron chi connectivity index (χ2n) is 6.86. The van der Waals surface area contributed by atoms with Gasteiger partial charge in [0, 0.05) is 11.9 Å². The molecule has 0 saturated heterocycles. The minimum absolute atomic E-state index is 0.0720. The third-order valence-corrected chi connectivity index (χ3v) is 6.13. The predicted octanol–water partition coefficient (Wildman–Crippen LogP) is 2.29. The maximum atomic E-state index is 13.3. The molecule has 0 unspecified atom stereocenters. The van der Waals surface area contributed by atoms with Crippen molar-refractivity contribution in [2.45, 2.75) is 11.8 Å². The summed E-state index contributed by atoms with van der Waals surface area (Å²) >= 11 is 0. The van der Waals surface area contributed by atoms with E-state index >= 15 is 0 Å². The van der Waals surface area contributed by atoms with E-state index in [1.807, 2.05) is 0 Å². The Morgan fingerprint density at radius 3 is 2.24 bits per heavy atom. The minimum Gasteiger partial charge on any atom is -0.497 e. The summed E-state index contributed by atoms with van der Waals surface area (Å²) < 4.78 is 40.2. The van der Waals surface area contributed by atoms with E-state index in [1.165, 1.54) is 25.5 Å². The van der Waals surface area contributed by atoms with Gasteiger partial charge in [-0.15, -0.1) is 0 Å². The second kappa shape index (κ2) is 8.74. The molecule has 0 atom stereocenters. The molecule has 0 aliphatic carbocycles. The first-order chi connectivity index (χ1) is 15.8. The number of hydrogen-bond donors (Lipinski definition) is 2. The minimum atomic E-state index is -4.36. The Balaban J connectivity index is 1.82. The molecule has 0 aliphatic heterocycles. The van der Waals surface area contributed by atoms with E-state index in [0.717, 1.165) is 4.40 Å². The lowest BCUT2D eigenvalue weighted by atomic mass is 10.2. The molecule has 4 aromatic rings. The molecule has 0 aliphatic rings. The van der Waals surface area contributed by atoms with Crippen LogP contribution in [0, 0.1) is 6.92 Å². The van der Waals surface area contributed by atoms with E-state index < -0.39 is 20.5 Å². The van der Waals surface area contributed by atoms with Gasteiger partial charge in [-0.2, -0.15) is 10.1 Å². The van der Waals surface area contributed by atoms with Crippen molar-refractivity contribution in [2.75, 3.05) is 18.9 Å². The largest absolute Gasteiger partial charge is 0.497 e. The number of aliphatic imine (C=N–C) groups is 1. The van der Waals surface area contributed by atoms with E-state index in [2.05, 4.69) is 24.9 Å². The number of anilines is 1. The molecule has 4 rings (SSSR count).